The molecule has 5 nitrogen and oxygen atoms in total. The summed E-state index contributed by atoms with van der Waals surface area (Å²) in [4.78, 5) is 3.12. The van der Waals surface area contributed by atoms with Crippen molar-refractivity contribution in [1.29, 1.82) is 0 Å². The van der Waals surface area contributed by atoms with Crippen LogP contribution in [-0.2, 0) is 6.54 Å². The number of benzene rings is 1. The molecule has 0 aliphatic heterocycles. The average Bonchev–Trinajstić information content (AvgIpc) is 2.90. The van der Waals surface area contributed by atoms with Crippen LogP contribution in [0.2, 0.25) is 0 Å². The van der Waals surface area contributed by atoms with E-state index in [9.17, 15) is 4.39 Å². The lowest BCUT2D eigenvalue weighted by Gasteiger charge is -1.97. The van der Waals surface area contributed by atoms with Gasteiger partial charge in [-0.25, -0.2) is 9.02 Å². The maximum absolute atomic E-state index is 13.2. The van der Waals surface area contributed by atoms with E-state index < -0.39 is 0 Å². The Morgan fingerprint density at radius 1 is 1.39 bits per heavy atom. The molecule has 0 saturated carbocycles. The molecule has 0 unspecified atom stereocenters. The molecule has 0 radical (unpaired) electrons. The van der Waals surface area contributed by atoms with E-state index in [1.54, 1.807) is 6.07 Å². The first-order chi connectivity index (χ1) is 8.70. The van der Waals surface area contributed by atoms with Crippen molar-refractivity contribution in [2.24, 2.45) is 5.73 Å². The van der Waals surface area contributed by atoms with Crippen molar-refractivity contribution in [3.63, 3.8) is 0 Å². The van der Waals surface area contributed by atoms with Crippen molar-refractivity contribution in [2.75, 3.05) is 0 Å². The molecule has 3 N–H and O–H groups in total. The van der Waals surface area contributed by atoms with Gasteiger partial charge in [-0.05, 0) is 30.3 Å². The highest BCUT2D eigenvalue weighted by Gasteiger charge is 2.18. The summed E-state index contributed by atoms with van der Waals surface area (Å²) in [6, 6.07) is 4.56. The topological polar surface area (TPSA) is 80.7 Å². The lowest BCUT2D eigenvalue weighted by Crippen LogP contribution is -1.98. The van der Waals surface area contributed by atoms with Crippen molar-refractivity contribution < 1.29 is 9.02 Å². The number of rotatable bonds is 2. The summed E-state index contributed by atoms with van der Waals surface area (Å²) in [5, 5.41) is 8.51. The number of halogens is 1. The second-order valence-corrected chi connectivity index (χ2v) is 4.08. The summed E-state index contributed by atoms with van der Waals surface area (Å²) in [5.74, 6) is -0.285. The lowest BCUT2D eigenvalue weighted by atomic mass is 10.1. The van der Waals surface area contributed by atoms with Gasteiger partial charge in [0.25, 0.3) is 0 Å². The third-order valence-electron chi connectivity index (χ3n) is 2.93. The summed E-state index contributed by atoms with van der Waals surface area (Å²) >= 11 is 0. The Labute approximate surface area is 102 Å². The number of hydrogen-bond donors (Lipinski definition) is 2. The van der Waals surface area contributed by atoms with Crippen LogP contribution >= 0.6 is 0 Å². The molecule has 0 bridgehead atoms. The number of fused-ring (bicyclic) bond motifs is 1. The molecule has 3 rings (SSSR count). The van der Waals surface area contributed by atoms with Gasteiger partial charge in [-0.2, -0.15) is 0 Å². The van der Waals surface area contributed by atoms with E-state index in [0.29, 0.717) is 16.9 Å². The van der Waals surface area contributed by atoms with Crippen LogP contribution in [0.4, 0.5) is 4.39 Å². The molecule has 2 aromatic heterocycles. The molecular weight excluding hydrogens is 235 g/mol. The molecular formula is C12H11FN4O. The zero-order valence-corrected chi connectivity index (χ0v) is 9.70. The van der Waals surface area contributed by atoms with Crippen LogP contribution < -0.4 is 5.73 Å². The molecule has 0 saturated heterocycles. The molecule has 92 valence electrons. The van der Waals surface area contributed by atoms with Gasteiger partial charge in [0.1, 0.15) is 17.2 Å². The first-order valence-electron chi connectivity index (χ1n) is 5.50. The summed E-state index contributed by atoms with van der Waals surface area (Å²) < 4.78 is 17.9. The molecule has 0 aliphatic rings. The van der Waals surface area contributed by atoms with Gasteiger partial charge in [0.2, 0.25) is 0 Å². The van der Waals surface area contributed by atoms with Crippen LogP contribution in [0.5, 0.6) is 0 Å². The lowest BCUT2D eigenvalue weighted by molar-refractivity contribution is 0.304. The number of H-pyrrole nitrogens is 1. The first-order valence-corrected chi connectivity index (χ1v) is 5.50. The molecule has 0 aliphatic carbocycles. The third kappa shape index (κ3) is 1.50. The van der Waals surface area contributed by atoms with E-state index in [1.165, 1.54) is 12.1 Å². The largest absolute Gasteiger partial charge is 0.358 e. The number of aryl methyl sites for hydroxylation is 1. The second-order valence-electron chi connectivity index (χ2n) is 4.08. The highest BCUT2D eigenvalue weighted by molar-refractivity contribution is 5.96. The van der Waals surface area contributed by atoms with Crippen molar-refractivity contribution in [3.05, 3.63) is 35.4 Å². The Morgan fingerprint density at radius 3 is 3.00 bits per heavy atom. The standard InChI is InChI=1S/C12H11FN4O/c1-6-11(12-10(5-14)16-18-17-12)8-3-2-7(13)4-9(8)15-6/h2-4,15H,5,14H2,1H3. The van der Waals surface area contributed by atoms with Crippen LogP contribution in [-0.4, -0.2) is 15.3 Å². The third-order valence-corrected chi connectivity index (χ3v) is 2.93. The number of aromatic nitrogens is 3. The van der Waals surface area contributed by atoms with E-state index in [1.807, 2.05) is 6.92 Å². The van der Waals surface area contributed by atoms with Crippen LogP contribution in [0.15, 0.2) is 22.8 Å². The van der Waals surface area contributed by atoms with Gasteiger partial charge in [-0.15, -0.1) is 0 Å². The fraction of sp³-hybridized carbons (Fsp3) is 0.167. The van der Waals surface area contributed by atoms with Gasteiger partial charge in [-0.1, -0.05) is 5.16 Å². The molecule has 0 fully saturated rings. The minimum atomic E-state index is -0.285. The van der Waals surface area contributed by atoms with Crippen molar-refractivity contribution in [1.82, 2.24) is 15.3 Å². The highest BCUT2D eigenvalue weighted by atomic mass is 19.1. The van der Waals surface area contributed by atoms with Crippen molar-refractivity contribution in [2.45, 2.75) is 13.5 Å². The summed E-state index contributed by atoms with van der Waals surface area (Å²) in [5.41, 5.74) is 9.22. The Balaban J connectivity index is 2.32. The maximum Gasteiger partial charge on any atom is 0.142 e. The van der Waals surface area contributed by atoms with Crippen LogP contribution in [0.3, 0.4) is 0 Å². The van der Waals surface area contributed by atoms with Crippen molar-refractivity contribution in [3.8, 4) is 11.3 Å². The minimum absolute atomic E-state index is 0.242. The normalized spacial score (nSPS) is 11.3. The zero-order chi connectivity index (χ0) is 12.7. The predicted molar refractivity (Wildman–Crippen MR) is 64.2 cm³/mol. The summed E-state index contributed by atoms with van der Waals surface area (Å²) in [6.45, 7) is 2.13. The first kappa shape index (κ1) is 10.9. The van der Waals surface area contributed by atoms with Gasteiger partial charge < -0.3 is 10.7 Å². The van der Waals surface area contributed by atoms with Gasteiger partial charge >= 0.3 is 0 Å². The van der Waals surface area contributed by atoms with Gasteiger partial charge in [0, 0.05) is 28.7 Å². The van der Waals surface area contributed by atoms with E-state index in [4.69, 9.17) is 10.4 Å². The molecule has 0 amide bonds. The van der Waals surface area contributed by atoms with E-state index in [-0.39, 0.29) is 12.4 Å². The molecule has 2 heterocycles. The Hall–Kier alpha value is -2.21. The SMILES string of the molecule is Cc1[nH]c2cc(F)ccc2c1-c1nonc1CN. The van der Waals surface area contributed by atoms with E-state index in [0.717, 1.165) is 16.6 Å². The number of nitrogens with zero attached hydrogens (tertiary/aromatic N) is 2. The Morgan fingerprint density at radius 2 is 2.22 bits per heavy atom. The minimum Gasteiger partial charge on any atom is -0.358 e. The Kier molecular flexibility index (Phi) is 2.38. The summed E-state index contributed by atoms with van der Waals surface area (Å²) in [7, 11) is 0. The molecule has 3 aromatic rings. The van der Waals surface area contributed by atoms with Crippen LogP contribution in [0, 0.1) is 12.7 Å². The van der Waals surface area contributed by atoms with E-state index >= 15 is 0 Å². The maximum atomic E-state index is 13.2. The Bertz CT molecular complexity index is 716. The van der Waals surface area contributed by atoms with Crippen LogP contribution in [0.1, 0.15) is 11.4 Å². The summed E-state index contributed by atoms with van der Waals surface area (Å²) in [6.07, 6.45) is 0. The molecule has 18 heavy (non-hydrogen) atoms. The molecule has 1 aromatic carbocycles. The fourth-order valence-corrected chi connectivity index (χ4v) is 2.14. The van der Waals surface area contributed by atoms with Gasteiger partial charge in [0.05, 0.1) is 0 Å². The fourth-order valence-electron chi connectivity index (χ4n) is 2.14. The van der Waals surface area contributed by atoms with Crippen LogP contribution in [0.25, 0.3) is 22.2 Å². The number of aromatic amines is 1. The smallest absolute Gasteiger partial charge is 0.142 e. The van der Waals surface area contributed by atoms with Gasteiger partial charge in [0.15, 0.2) is 0 Å². The zero-order valence-electron chi connectivity index (χ0n) is 9.70. The van der Waals surface area contributed by atoms with Crippen molar-refractivity contribution >= 4 is 10.9 Å². The monoisotopic (exact) mass is 246 g/mol. The number of nitrogens with one attached hydrogen (secondary N) is 1. The predicted octanol–water partition coefficient (Wildman–Crippen LogP) is 2.12. The van der Waals surface area contributed by atoms with Gasteiger partial charge in [-0.3, -0.25) is 0 Å². The quantitative estimate of drug-likeness (QED) is 0.725. The molecule has 0 spiro atoms. The highest BCUT2D eigenvalue weighted by Crippen LogP contribution is 2.32. The molecule has 6 heteroatoms. The van der Waals surface area contributed by atoms with E-state index in [2.05, 4.69) is 15.3 Å². The molecule has 0 atom stereocenters. The number of hydrogen-bond acceptors (Lipinski definition) is 4. The second kappa shape index (κ2) is 3.92. The average molecular weight is 246 g/mol. The number of nitrogens with two attached hydrogens (primary N) is 1.